The molecule has 15 nitrogen and oxygen atoms in total. The first-order chi connectivity index (χ1) is 25.8. The van der Waals surface area contributed by atoms with Crippen molar-refractivity contribution in [3.63, 3.8) is 0 Å². The van der Waals surface area contributed by atoms with Crippen molar-refractivity contribution in [3.8, 4) is 0 Å². The number of benzene rings is 2. The van der Waals surface area contributed by atoms with Gasteiger partial charge in [0.05, 0.1) is 12.4 Å². The smallest absolute Gasteiger partial charge is 0.262 e. The Morgan fingerprint density at radius 2 is 1.04 bits per heavy atom. The van der Waals surface area contributed by atoms with Gasteiger partial charge in [-0.3, -0.25) is 28.8 Å². The fourth-order valence-electron chi connectivity index (χ4n) is 6.88. The number of hydrogen-bond acceptors (Lipinski definition) is 9. The second kappa shape index (κ2) is 17.3. The molecule has 274 valence electrons. The molecule has 4 heterocycles. The molecule has 53 heavy (non-hydrogen) atoms. The van der Waals surface area contributed by atoms with Gasteiger partial charge in [0.15, 0.2) is 0 Å². The van der Waals surface area contributed by atoms with Crippen LogP contribution in [0.5, 0.6) is 0 Å². The molecule has 15 heteroatoms. The number of rotatable bonds is 0. The molecule has 3 fully saturated rings. The van der Waals surface area contributed by atoms with Gasteiger partial charge in [-0.2, -0.15) is 15.3 Å². The Labute approximate surface area is 306 Å². The first-order valence-corrected chi connectivity index (χ1v) is 17.7. The van der Waals surface area contributed by atoms with E-state index in [0.717, 1.165) is 0 Å². The Morgan fingerprint density at radius 1 is 0.566 bits per heavy atom. The fourth-order valence-corrected chi connectivity index (χ4v) is 6.88. The lowest BCUT2D eigenvalue weighted by Crippen LogP contribution is -2.44. The lowest BCUT2D eigenvalue weighted by Gasteiger charge is -2.23. The second-order valence-electron chi connectivity index (χ2n) is 13.0. The van der Waals surface area contributed by atoms with Gasteiger partial charge >= 0.3 is 0 Å². The van der Waals surface area contributed by atoms with Gasteiger partial charge in [-0.1, -0.05) is 42.5 Å². The van der Waals surface area contributed by atoms with E-state index in [2.05, 4.69) is 31.6 Å². The average Bonchev–Trinajstić information content (AvgIpc) is 3.97. The fraction of sp³-hybridized carbons (Fsp3) is 0.342. The van der Waals surface area contributed by atoms with Crippen molar-refractivity contribution in [1.29, 1.82) is 0 Å². The zero-order valence-electron chi connectivity index (χ0n) is 29.1. The van der Waals surface area contributed by atoms with E-state index in [1.807, 2.05) is 0 Å². The van der Waals surface area contributed by atoms with Gasteiger partial charge in [-0.25, -0.2) is 16.3 Å². The van der Waals surface area contributed by atoms with Crippen LogP contribution in [-0.4, -0.2) is 107 Å². The van der Waals surface area contributed by atoms with E-state index in [1.54, 1.807) is 66.8 Å². The summed E-state index contributed by atoms with van der Waals surface area (Å²) in [5.74, 6) is -2.19. The minimum absolute atomic E-state index is 0.308. The maximum absolute atomic E-state index is 13.6. The number of carbonyl (C=O) groups is 6. The summed E-state index contributed by atoms with van der Waals surface area (Å²) in [7, 11) is 0. The molecule has 0 unspecified atom stereocenters. The van der Waals surface area contributed by atoms with E-state index in [9.17, 15) is 28.8 Å². The number of fused-ring (bicyclic) bond motifs is 7. The van der Waals surface area contributed by atoms with Crippen LogP contribution in [0.1, 0.15) is 76.8 Å². The third kappa shape index (κ3) is 8.98. The largest absolute Gasteiger partial charge is 0.327 e. The molecular formula is C38H41N9O6. The first kappa shape index (κ1) is 36.5. The predicted octanol–water partition coefficient (Wildman–Crippen LogP) is 2.11. The standard InChI is InChI=1S/C38H41N9O6/c48-33-17-3-1-2-4-18-39-42-35(50)31-15-8-20-46(31)37(52)28-12-6-11-27(23-28)25-41-44-36(51)32-16-9-21-47(32)38(53)29-13-5-10-26(22-29)24-40-43-34(49)30-14-7-19-45(30)33/h1-3,5-6,10-13,17-18,22-25,30-32H,4,7-9,14-16,19-21H2,(H,42,50)(H,43,49)(H,44,51)/t30-,31-,32-/m0/s1. The highest BCUT2D eigenvalue weighted by molar-refractivity contribution is 6.01. The van der Waals surface area contributed by atoms with Crippen LogP contribution < -0.4 is 16.3 Å². The van der Waals surface area contributed by atoms with Crippen molar-refractivity contribution in [2.45, 2.75) is 63.1 Å². The highest BCUT2D eigenvalue weighted by atomic mass is 16.2. The monoisotopic (exact) mass is 719 g/mol. The maximum atomic E-state index is 13.6. The van der Waals surface area contributed by atoms with Crippen LogP contribution in [0.4, 0.5) is 0 Å². The number of nitrogens with one attached hydrogen (secondary N) is 3. The third-order valence-corrected chi connectivity index (χ3v) is 9.51. The molecule has 0 saturated carbocycles. The number of carbonyl (C=O) groups excluding carboxylic acids is 6. The highest BCUT2D eigenvalue weighted by Crippen LogP contribution is 2.23. The molecule has 0 aromatic heterocycles. The Morgan fingerprint density at radius 3 is 1.57 bits per heavy atom. The Bertz CT molecular complexity index is 1900. The molecule has 6 amide bonds. The van der Waals surface area contributed by atoms with Crippen LogP contribution in [0.3, 0.4) is 0 Å². The van der Waals surface area contributed by atoms with Crippen molar-refractivity contribution >= 4 is 54.1 Å². The molecule has 0 spiro atoms. The molecular weight excluding hydrogens is 678 g/mol. The zero-order valence-corrected chi connectivity index (χ0v) is 29.1. The SMILES string of the molecule is O=C1NN=Cc2cccc(c2)C(=O)N2CCC[C@H]2C(=O)NN=Cc2cccc(c2)C(=O)N2CCC[C@H]2C(=O)NN=CCC=CC=CC(=O)N2CCC[C@@H]12. The van der Waals surface area contributed by atoms with E-state index in [1.165, 1.54) is 39.4 Å². The Hall–Kier alpha value is -6.25. The van der Waals surface area contributed by atoms with Crippen LogP contribution in [-0.2, 0) is 19.2 Å². The minimum atomic E-state index is -0.733. The van der Waals surface area contributed by atoms with Gasteiger partial charge in [0.2, 0.25) is 5.91 Å². The Kier molecular flexibility index (Phi) is 11.9. The minimum Gasteiger partial charge on any atom is -0.327 e. The summed E-state index contributed by atoms with van der Waals surface area (Å²) in [5, 5.41) is 12.2. The molecule has 3 N–H and O–H groups in total. The molecule has 0 aliphatic carbocycles. The molecule has 0 radical (unpaired) electrons. The molecule has 4 aliphatic heterocycles. The van der Waals surface area contributed by atoms with Gasteiger partial charge in [-0.05, 0) is 73.9 Å². The van der Waals surface area contributed by atoms with Gasteiger partial charge in [-0.15, -0.1) is 0 Å². The van der Waals surface area contributed by atoms with Crippen LogP contribution >= 0.6 is 0 Å². The summed E-state index contributed by atoms with van der Waals surface area (Å²) in [5.41, 5.74) is 9.43. The van der Waals surface area contributed by atoms with E-state index < -0.39 is 35.8 Å². The van der Waals surface area contributed by atoms with Crippen molar-refractivity contribution in [2.24, 2.45) is 15.3 Å². The first-order valence-electron chi connectivity index (χ1n) is 17.7. The van der Waals surface area contributed by atoms with Crippen molar-refractivity contribution in [1.82, 2.24) is 31.0 Å². The van der Waals surface area contributed by atoms with Gasteiger partial charge in [0.25, 0.3) is 29.5 Å². The highest BCUT2D eigenvalue weighted by Gasteiger charge is 2.36. The van der Waals surface area contributed by atoms with E-state index >= 15 is 0 Å². The molecule has 2 aromatic carbocycles. The molecule has 4 bridgehead atoms. The summed E-state index contributed by atoms with van der Waals surface area (Å²) in [6.45, 7) is 1.24. The predicted molar refractivity (Wildman–Crippen MR) is 197 cm³/mol. The quantitative estimate of drug-likeness (QED) is 0.375. The Balaban J connectivity index is 1.20. The number of nitrogens with zero attached hydrogens (tertiary/aromatic N) is 6. The number of allylic oxidation sites excluding steroid dienone is 3. The van der Waals surface area contributed by atoms with Crippen LogP contribution in [0, 0.1) is 0 Å². The van der Waals surface area contributed by atoms with Gasteiger partial charge in [0, 0.05) is 49.5 Å². The normalized spacial score (nSPS) is 23.5. The number of hydrazone groups is 3. The number of amides is 6. The van der Waals surface area contributed by atoms with Gasteiger partial charge in [0.1, 0.15) is 18.1 Å². The van der Waals surface area contributed by atoms with E-state index in [0.29, 0.717) is 86.8 Å². The summed E-state index contributed by atoms with van der Waals surface area (Å²) in [6, 6.07) is 11.4. The average molecular weight is 720 g/mol. The summed E-state index contributed by atoms with van der Waals surface area (Å²) < 4.78 is 0. The second-order valence-corrected chi connectivity index (χ2v) is 13.0. The third-order valence-electron chi connectivity index (χ3n) is 9.51. The summed E-state index contributed by atoms with van der Waals surface area (Å²) >= 11 is 0. The maximum Gasteiger partial charge on any atom is 0.262 e. The van der Waals surface area contributed by atoms with E-state index in [4.69, 9.17) is 0 Å². The van der Waals surface area contributed by atoms with Gasteiger partial charge < -0.3 is 14.7 Å². The number of hydrogen-bond donors (Lipinski definition) is 3. The lowest BCUT2D eigenvalue weighted by atomic mass is 10.1. The van der Waals surface area contributed by atoms with Crippen LogP contribution in [0.2, 0.25) is 0 Å². The molecule has 3 saturated heterocycles. The molecule has 3 atom stereocenters. The molecule has 2 aromatic rings. The summed E-state index contributed by atoms with van der Waals surface area (Å²) in [4.78, 5) is 83.6. The van der Waals surface area contributed by atoms with Crippen LogP contribution in [0.25, 0.3) is 0 Å². The van der Waals surface area contributed by atoms with Crippen molar-refractivity contribution in [2.75, 3.05) is 19.6 Å². The van der Waals surface area contributed by atoms with Crippen molar-refractivity contribution < 1.29 is 28.8 Å². The topological polar surface area (TPSA) is 185 Å². The molecule has 4 aliphatic rings. The zero-order chi connectivity index (χ0) is 37.2. The van der Waals surface area contributed by atoms with Crippen LogP contribution in [0.15, 0.2) is 88.1 Å². The lowest BCUT2D eigenvalue weighted by molar-refractivity contribution is -0.135. The molecule has 6 rings (SSSR count). The van der Waals surface area contributed by atoms with Crippen molar-refractivity contribution in [3.05, 3.63) is 95.1 Å². The van der Waals surface area contributed by atoms with E-state index in [-0.39, 0.29) is 17.7 Å². The summed E-state index contributed by atoms with van der Waals surface area (Å²) in [6.07, 6.45) is 14.6.